The summed E-state index contributed by atoms with van der Waals surface area (Å²) < 4.78 is 1.73. The number of thiazole rings is 1. The Morgan fingerprint density at radius 2 is 2.12 bits per heavy atom. The van der Waals surface area contributed by atoms with E-state index in [2.05, 4.69) is 44.6 Å². The Bertz CT molecular complexity index is 770. The largest absolute Gasteiger partial charge is 0.380 e. The fourth-order valence-corrected chi connectivity index (χ4v) is 4.93. The van der Waals surface area contributed by atoms with Crippen molar-refractivity contribution >= 4 is 11.3 Å². The average molecular weight is 347 g/mol. The van der Waals surface area contributed by atoms with Crippen LogP contribution in [0, 0.1) is 5.41 Å². The molecule has 1 aliphatic carbocycles. The summed E-state index contributed by atoms with van der Waals surface area (Å²) >= 11 is 1.78. The quantitative estimate of drug-likeness (QED) is 0.862. The molecule has 2 heterocycles. The maximum absolute atomic E-state index is 10.2. The zero-order valence-electron chi connectivity index (χ0n) is 15.1. The highest BCUT2D eigenvalue weighted by Crippen LogP contribution is 2.47. The van der Waals surface area contributed by atoms with E-state index in [-0.39, 0.29) is 10.8 Å². The van der Waals surface area contributed by atoms with Crippen molar-refractivity contribution in [1.29, 1.82) is 0 Å². The second-order valence-electron chi connectivity index (χ2n) is 8.44. The van der Waals surface area contributed by atoms with Gasteiger partial charge >= 0.3 is 0 Å². The summed E-state index contributed by atoms with van der Waals surface area (Å²) in [5.41, 5.74) is 1.01. The Morgan fingerprint density at radius 1 is 1.42 bits per heavy atom. The number of aromatic nitrogens is 4. The zero-order valence-corrected chi connectivity index (χ0v) is 15.9. The topological polar surface area (TPSA) is 63.8 Å². The fourth-order valence-electron chi connectivity index (χ4n) is 3.76. The fraction of sp³-hybridized carbons (Fsp3) is 0.611. The molecule has 2 aromatic heterocycles. The molecule has 2 aromatic rings. The molecule has 1 unspecified atom stereocenters. The number of aliphatic hydroxyl groups is 1. The summed E-state index contributed by atoms with van der Waals surface area (Å²) in [6.07, 6.45) is 5.42. The average Bonchev–Trinajstić information content (AvgIpc) is 3.04. The monoisotopic (exact) mass is 346 g/mol. The molecule has 0 aliphatic heterocycles. The lowest BCUT2D eigenvalue weighted by atomic mass is 9.67. The molecule has 0 radical (unpaired) electrons. The molecule has 1 atom stereocenters. The van der Waals surface area contributed by atoms with Gasteiger partial charge in [0.2, 0.25) is 0 Å². The van der Waals surface area contributed by atoms with Gasteiger partial charge in [-0.1, -0.05) is 45.6 Å². The first-order valence-corrected chi connectivity index (χ1v) is 9.10. The van der Waals surface area contributed by atoms with Crippen LogP contribution in [-0.4, -0.2) is 25.1 Å². The zero-order chi connectivity index (χ0) is 17.8. The van der Waals surface area contributed by atoms with E-state index in [1.807, 2.05) is 0 Å². The minimum atomic E-state index is -1.16. The van der Waals surface area contributed by atoms with Crippen LogP contribution in [0.1, 0.15) is 62.3 Å². The van der Waals surface area contributed by atoms with E-state index in [1.165, 1.54) is 23.1 Å². The third-order valence-electron chi connectivity index (χ3n) is 4.67. The van der Waals surface area contributed by atoms with Crippen molar-refractivity contribution in [2.45, 2.75) is 65.0 Å². The number of hydrogen-bond acceptors (Lipinski definition) is 5. The lowest BCUT2D eigenvalue weighted by Gasteiger charge is -2.39. The van der Waals surface area contributed by atoms with Gasteiger partial charge in [0.15, 0.2) is 0 Å². The van der Waals surface area contributed by atoms with Crippen LogP contribution in [0.3, 0.4) is 0 Å². The van der Waals surface area contributed by atoms with Gasteiger partial charge in [-0.25, -0.2) is 9.67 Å². The standard InChI is InChI=1S/C18H26N4OS/c1-7-18(6,23)13-9-22(21-20-13)10-14-19-12-8-16(2,3)11-17(4,5)15(12)24-14/h7,9,23H,1,8,10-11H2,2-6H3. The number of nitrogens with zero attached hydrogens (tertiary/aromatic N) is 4. The van der Waals surface area contributed by atoms with Gasteiger partial charge < -0.3 is 5.11 Å². The van der Waals surface area contributed by atoms with Crippen LogP contribution in [-0.2, 0) is 24.0 Å². The summed E-state index contributed by atoms with van der Waals surface area (Å²) in [7, 11) is 0. The highest BCUT2D eigenvalue weighted by Gasteiger charge is 2.39. The van der Waals surface area contributed by atoms with Crippen molar-refractivity contribution in [2.24, 2.45) is 5.41 Å². The van der Waals surface area contributed by atoms with Gasteiger partial charge in [-0.3, -0.25) is 0 Å². The summed E-state index contributed by atoms with van der Waals surface area (Å²) in [5.74, 6) is 0. The van der Waals surface area contributed by atoms with Gasteiger partial charge in [-0.05, 0) is 25.2 Å². The van der Waals surface area contributed by atoms with E-state index in [1.54, 1.807) is 29.1 Å². The third kappa shape index (κ3) is 3.17. The number of rotatable bonds is 4. The van der Waals surface area contributed by atoms with Crippen molar-refractivity contribution in [3.63, 3.8) is 0 Å². The lowest BCUT2D eigenvalue weighted by molar-refractivity contribution is 0.106. The van der Waals surface area contributed by atoms with E-state index >= 15 is 0 Å². The summed E-state index contributed by atoms with van der Waals surface area (Å²) in [4.78, 5) is 6.27. The molecule has 0 aromatic carbocycles. The third-order valence-corrected chi connectivity index (χ3v) is 6.12. The summed E-state index contributed by atoms with van der Waals surface area (Å²) in [5, 5.41) is 19.4. The minimum Gasteiger partial charge on any atom is -0.380 e. The molecule has 130 valence electrons. The Kier molecular flexibility index (Phi) is 3.96. The summed E-state index contributed by atoms with van der Waals surface area (Å²) in [6.45, 7) is 15.1. The molecule has 5 nitrogen and oxygen atoms in total. The first-order valence-electron chi connectivity index (χ1n) is 8.28. The van der Waals surface area contributed by atoms with E-state index in [4.69, 9.17) is 4.98 Å². The van der Waals surface area contributed by atoms with Crippen LogP contribution in [0.5, 0.6) is 0 Å². The Balaban J connectivity index is 1.86. The highest BCUT2D eigenvalue weighted by molar-refractivity contribution is 7.11. The number of fused-ring (bicyclic) bond motifs is 1. The lowest BCUT2D eigenvalue weighted by Crippen LogP contribution is -2.33. The maximum atomic E-state index is 10.2. The van der Waals surface area contributed by atoms with Gasteiger partial charge in [0.1, 0.15) is 16.3 Å². The summed E-state index contributed by atoms with van der Waals surface area (Å²) in [6, 6.07) is 0. The molecule has 3 rings (SSSR count). The van der Waals surface area contributed by atoms with Gasteiger partial charge in [0, 0.05) is 10.3 Å². The number of hydrogen-bond donors (Lipinski definition) is 1. The molecule has 0 spiro atoms. The molecule has 0 bridgehead atoms. The Hall–Kier alpha value is -1.53. The van der Waals surface area contributed by atoms with E-state index in [0.29, 0.717) is 12.2 Å². The van der Waals surface area contributed by atoms with Crippen LogP contribution in [0.2, 0.25) is 0 Å². The predicted molar refractivity (Wildman–Crippen MR) is 96.1 cm³/mol. The second kappa shape index (κ2) is 5.49. The van der Waals surface area contributed by atoms with Crippen molar-refractivity contribution in [1.82, 2.24) is 20.0 Å². The van der Waals surface area contributed by atoms with Gasteiger partial charge in [0.25, 0.3) is 0 Å². The van der Waals surface area contributed by atoms with Crippen LogP contribution < -0.4 is 0 Å². The molecule has 0 amide bonds. The van der Waals surface area contributed by atoms with E-state index in [9.17, 15) is 5.11 Å². The molecule has 0 fully saturated rings. The highest BCUT2D eigenvalue weighted by atomic mass is 32.1. The van der Waals surface area contributed by atoms with E-state index < -0.39 is 5.60 Å². The minimum absolute atomic E-state index is 0.160. The van der Waals surface area contributed by atoms with Gasteiger partial charge in [0.05, 0.1) is 18.4 Å². The van der Waals surface area contributed by atoms with Crippen LogP contribution >= 0.6 is 11.3 Å². The van der Waals surface area contributed by atoms with Gasteiger partial charge in [-0.15, -0.1) is 16.4 Å². The Labute approximate surface area is 147 Å². The first-order chi connectivity index (χ1) is 11.0. The van der Waals surface area contributed by atoms with Crippen LogP contribution in [0.4, 0.5) is 0 Å². The van der Waals surface area contributed by atoms with E-state index in [0.717, 1.165) is 11.4 Å². The second-order valence-corrected chi connectivity index (χ2v) is 9.52. The molecule has 1 aliphatic rings. The smallest absolute Gasteiger partial charge is 0.125 e. The molecular formula is C18H26N4OS. The van der Waals surface area contributed by atoms with Gasteiger partial charge in [-0.2, -0.15) is 0 Å². The molecule has 1 N–H and O–H groups in total. The predicted octanol–water partition coefficient (Wildman–Crippen LogP) is 3.43. The molecule has 6 heteroatoms. The maximum Gasteiger partial charge on any atom is 0.125 e. The molecule has 0 saturated carbocycles. The van der Waals surface area contributed by atoms with Crippen LogP contribution in [0.25, 0.3) is 0 Å². The van der Waals surface area contributed by atoms with Crippen molar-refractivity contribution in [2.75, 3.05) is 0 Å². The molecular weight excluding hydrogens is 320 g/mol. The molecule has 24 heavy (non-hydrogen) atoms. The molecule has 0 saturated heterocycles. The van der Waals surface area contributed by atoms with Crippen LogP contribution in [0.15, 0.2) is 18.9 Å². The first kappa shape index (κ1) is 17.3. The normalized spacial score (nSPS) is 21.1. The Morgan fingerprint density at radius 3 is 2.79 bits per heavy atom. The SMILES string of the molecule is C=CC(C)(O)c1cn(Cc2nc3c(s2)C(C)(C)CC(C)(C)C3)nn1. The van der Waals surface area contributed by atoms with Crippen molar-refractivity contribution in [3.05, 3.63) is 40.1 Å². The van der Waals surface area contributed by atoms with Crippen molar-refractivity contribution < 1.29 is 5.11 Å². The van der Waals surface area contributed by atoms with Crippen molar-refractivity contribution in [3.8, 4) is 0 Å².